The minimum atomic E-state index is -0.0869. The molecule has 0 radical (unpaired) electrons. The number of nitrogens with zero attached hydrogens (tertiary/aromatic N) is 2. The molecule has 2 amide bonds. The van der Waals surface area contributed by atoms with Gasteiger partial charge in [-0.1, -0.05) is 24.3 Å². The minimum absolute atomic E-state index is 0.0557. The van der Waals surface area contributed by atoms with E-state index in [-0.39, 0.29) is 11.6 Å². The maximum atomic E-state index is 12.2. The van der Waals surface area contributed by atoms with Crippen molar-refractivity contribution in [1.29, 1.82) is 0 Å². The minimum Gasteiger partial charge on any atom is -0.329 e. The summed E-state index contributed by atoms with van der Waals surface area (Å²) in [6, 6.07) is 12.8. The van der Waals surface area contributed by atoms with Crippen LogP contribution in [0.15, 0.2) is 53.5 Å². The van der Waals surface area contributed by atoms with Crippen LogP contribution in [-0.4, -0.2) is 47.0 Å². The van der Waals surface area contributed by atoms with Crippen molar-refractivity contribution in [2.45, 2.75) is 6.54 Å². The van der Waals surface area contributed by atoms with Crippen molar-refractivity contribution in [1.82, 2.24) is 14.8 Å². The molecule has 23 heavy (non-hydrogen) atoms. The van der Waals surface area contributed by atoms with E-state index < -0.39 is 0 Å². The summed E-state index contributed by atoms with van der Waals surface area (Å²) < 4.78 is 0. The van der Waals surface area contributed by atoms with Crippen LogP contribution in [0.3, 0.4) is 0 Å². The zero-order valence-corrected chi connectivity index (χ0v) is 12.9. The highest BCUT2D eigenvalue weighted by molar-refractivity contribution is 5.89. The number of amides is 2. The van der Waals surface area contributed by atoms with Crippen molar-refractivity contribution in [3.8, 4) is 0 Å². The van der Waals surface area contributed by atoms with Gasteiger partial charge in [-0.3, -0.25) is 9.69 Å². The van der Waals surface area contributed by atoms with Crippen molar-refractivity contribution < 1.29 is 4.79 Å². The fourth-order valence-electron chi connectivity index (χ4n) is 2.63. The summed E-state index contributed by atoms with van der Waals surface area (Å²) in [7, 11) is 0. The monoisotopic (exact) mass is 312 g/mol. The van der Waals surface area contributed by atoms with Gasteiger partial charge in [0.05, 0.1) is 0 Å². The van der Waals surface area contributed by atoms with Gasteiger partial charge in [0.1, 0.15) is 0 Å². The van der Waals surface area contributed by atoms with Crippen LogP contribution in [0.4, 0.5) is 10.5 Å². The molecule has 2 heterocycles. The smallest absolute Gasteiger partial charge is 0.321 e. The van der Waals surface area contributed by atoms with Crippen LogP contribution < -0.4 is 10.9 Å². The summed E-state index contributed by atoms with van der Waals surface area (Å²) in [6.45, 7) is 3.82. The highest BCUT2D eigenvalue weighted by Crippen LogP contribution is 2.10. The lowest BCUT2D eigenvalue weighted by Gasteiger charge is -2.34. The number of anilines is 1. The van der Waals surface area contributed by atoms with E-state index in [1.54, 1.807) is 12.3 Å². The van der Waals surface area contributed by atoms with Crippen LogP contribution in [0.5, 0.6) is 0 Å². The number of aromatic amines is 1. The molecule has 1 aliphatic rings. The van der Waals surface area contributed by atoms with Crippen molar-refractivity contribution >= 4 is 11.7 Å². The number of aromatic nitrogens is 1. The Morgan fingerprint density at radius 2 is 1.78 bits per heavy atom. The lowest BCUT2D eigenvalue weighted by Crippen LogP contribution is -2.49. The first kappa shape index (κ1) is 15.3. The number of carbonyl (C=O) groups excluding carboxylic acids is 1. The third kappa shape index (κ3) is 4.20. The van der Waals surface area contributed by atoms with Crippen LogP contribution in [0, 0.1) is 0 Å². The summed E-state index contributed by atoms with van der Waals surface area (Å²) >= 11 is 0. The van der Waals surface area contributed by atoms with Gasteiger partial charge < -0.3 is 15.2 Å². The Morgan fingerprint density at radius 1 is 1.04 bits per heavy atom. The molecular weight excluding hydrogens is 292 g/mol. The molecular formula is C17H20N4O2. The van der Waals surface area contributed by atoms with E-state index in [9.17, 15) is 9.59 Å². The topological polar surface area (TPSA) is 68.4 Å². The predicted octanol–water partition coefficient (Wildman–Crippen LogP) is 1.72. The molecule has 2 aromatic rings. The maximum Gasteiger partial charge on any atom is 0.321 e. The lowest BCUT2D eigenvalue weighted by molar-refractivity contribution is 0.143. The van der Waals surface area contributed by atoms with Crippen LogP contribution in [0.1, 0.15) is 5.56 Å². The molecule has 0 unspecified atom stereocenters. The number of H-pyrrole nitrogens is 1. The zero-order chi connectivity index (χ0) is 16.1. The highest BCUT2D eigenvalue weighted by Gasteiger charge is 2.21. The fourth-order valence-corrected chi connectivity index (χ4v) is 2.63. The fraction of sp³-hybridized carbons (Fsp3) is 0.294. The molecule has 1 fully saturated rings. The molecule has 2 N–H and O–H groups in total. The Labute approximate surface area is 134 Å². The molecule has 0 saturated carbocycles. The van der Waals surface area contributed by atoms with E-state index >= 15 is 0 Å². The molecule has 1 aliphatic heterocycles. The normalized spacial score (nSPS) is 15.4. The van der Waals surface area contributed by atoms with E-state index in [0.29, 0.717) is 13.1 Å². The molecule has 6 nitrogen and oxygen atoms in total. The molecule has 0 bridgehead atoms. The quantitative estimate of drug-likeness (QED) is 0.907. The standard InChI is InChI=1S/C17H20N4O2/c22-16-7-6-14(12-18-16)13-20-8-10-21(11-9-20)17(23)19-15-4-2-1-3-5-15/h1-7,12H,8-11,13H2,(H,18,22)(H,19,23). The van der Waals surface area contributed by atoms with Crippen molar-refractivity contribution in [2.24, 2.45) is 0 Å². The average Bonchev–Trinajstić information content (AvgIpc) is 2.58. The van der Waals surface area contributed by atoms with E-state index in [4.69, 9.17) is 0 Å². The Morgan fingerprint density at radius 3 is 2.43 bits per heavy atom. The largest absolute Gasteiger partial charge is 0.329 e. The van der Waals surface area contributed by atoms with Crippen LogP contribution in [0.2, 0.25) is 0 Å². The summed E-state index contributed by atoms with van der Waals surface area (Å²) in [5.74, 6) is 0. The van der Waals surface area contributed by atoms with E-state index in [1.807, 2.05) is 41.3 Å². The number of benzene rings is 1. The Hall–Kier alpha value is -2.60. The molecule has 1 saturated heterocycles. The zero-order valence-electron chi connectivity index (χ0n) is 12.9. The number of piperazine rings is 1. The molecule has 0 aliphatic carbocycles. The lowest BCUT2D eigenvalue weighted by atomic mass is 10.2. The van der Waals surface area contributed by atoms with Gasteiger partial charge in [0.2, 0.25) is 5.56 Å². The average molecular weight is 312 g/mol. The number of pyridine rings is 1. The number of carbonyl (C=O) groups is 1. The van der Waals surface area contributed by atoms with Crippen LogP contribution in [-0.2, 0) is 6.54 Å². The third-order valence-electron chi connectivity index (χ3n) is 3.94. The Balaban J connectivity index is 1.49. The van der Waals surface area contributed by atoms with Gasteiger partial charge >= 0.3 is 6.03 Å². The number of para-hydroxylation sites is 1. The second-order valence-electron chi connectivity index (χ2n) is 5.62. The molecule has 0 atom stereocenters. The van der Waals surface area contributed by atoms with Crippen molar-refractivity contribution in [2.75, 3.05) is 31.5 Å². The van der Waals surface area contributed by atoms with Gasteiger partial charge in [-0.15, -0.1) is 0 Å². The van der Waals surface area contributed by atoms with Crippen LogP contribution >= 0.6 is 0 Å². The summed E-state index contributed by atoms with van der Waals surface area (Å²) in [5.41, 5.74) is 1.80. The van der Waals surface area contributed by atoms with Gasteiger partial charge in [-0.05, 0) is 17.7 Å². The number of rotatable bonds is 3. The number of hydrogen-bond acceptors (Lipinski definition) is 3. The summed E-state index contributed by atoms with van der Waals surface area (Å²) in [4.78, 5) is 30.1. The van der Waals surface area contributed by atoms with Gasteiger partial charge in [0.25, 0.3) is 0 Å². The second-order valence-corrected chi connectivity index (χ2v) is 5.62. The molecule has 0 spiro atoms. The van der Waals surface area contributed by atoms with E-state index in [0.717, 1.165) is 30.9 Å². The van der Waals surface area contributed by atoms with Crippen LogP contribution in [0.25, 0.3) is 0 Å². The third-order valence-corrected chi connectivity index (χ3v) is 3.94. The number of nitrogens with one attached hydrogen (secondary N) is 2. The van der Waals surface area contributed by atoms with E-state index in [2.05, 4.69) is 15.2 Å². The molecule has 3 rings (SSSR count). The second kappa shape index (κ2) is 7.11. The first-order valence-electron chi connectivity index (χ1n) is 7.72. The first-order valence-corrected chi connectivity index (χ1v) is 7.72. The van der Waals surface area contributed by atoms with Gasteiger partial charge in [-0.2, -0.15) is 0 Å². The number of hydrogen-bond donors (Lipinski definition) is 2. The Kier molecular flexibility index (Phi) is 4.73. The SMILES string of the molecule is O=C(Nc1ccccc1)N1CCN(Cc2ccc(=O)[nH]c2)CC1. The maximum absolute atomic E-state index is 12.2. The van der Waals surface area contributed by atoms with Gasteiger partial charge in [0, 0.05) is 50.7 Å². The molecule has 120 valence electrons. The predicted molar refractivity (Wildman–Crippen MR) is 89.4 cm³/mol. The van der Waals surface area contributed by atoms with Gasteiger partial charge in [-0.25, -0.2) is 4.79 Å². The Bertz CT molecular complexity index is 686. The first-order chi connectivity index (χ1) is 11.2. The molecule has 6 heteroatoms. The molecule has 1 aromatic carbocycles. The van der Waals surface area contributed by atoms with Crippen molar-refractivity contribution in [3.63, 3.8) is 0 Å². The van der Waals surface area contributed by atoms with Crippen molar-refractivity contribution in [3.05, 3.63) is 64.6 Å². The molecule has 1 aromatic heterocycles. The van der Waals surface area contributed by atoms with Gasteiger partial charge in [0.15, 0.2) is 0 Å². The number of urea groups is 1. The summed E-state index contributed by atoms with van der Waals surface area (Å²) in [6.07, 6.45) is 1.75. The summed E-state index contributed by atoms with van der Waals surface area (Å²) in [5, 5.41) is 2.91. The highest BCUT2D eigenvalue weighted by atomic mass is 16.2. The van der Waals surface area contributed by atoms with E-state index in [1.165, 1.54) is 0 Å².